The number of phenolic OH excluding ortho intramolecular Hbond substituents is 1. The van der Waals surface area contributed by atoms with Crippen LogP contribution in [0.5, 0.6) is 11.5 Å². The van der Waals surface area contributed by atoms with Gasteiger partial charge in [0, 0.05) is 44.8 Å². The average molecular weight is 553 g/mol. The summed E-state index contributed by atoms with van der Waals surface area (Å²) in [4.78, 5) is 7.25. The molecule has 0 saturated carbocycles. The van der Waals surface area contributed by atoms with Crippen molar-refractivity contribution in [3.05, 3.63) is 59.2 Å². The predicted molar refractivity (Wildman–Crippen MR) is 142 cm³/mol. The van der Waals surface area contributed by atoms with Crippen molar-refractivity contribution < 1.29 is 9.84 Å². The smallest absolute Gasteiger partial charge is 0.191 e. The highest BCUT2D eigenvalue weighted by Crippen LogP contribution is 2.23. The van der Waals surface area contributed by atoms with Crippen LogP contribution in [0.15, 0.2) is 47.5 Å². The Hall–Kier alpha value is -2.00. The first-order valence-corrected chi connectivity index (χ1v) is 11.3. The van der Waals surface area contributed by atoms with Gasteiger partial charge in [0.1, 0.15) is 11.5 Å². The Kier molecular flexibility index (Phi) is 11.1. The third kappa shape index (κ3) is 8.16. The van der Waals surface area contributed by atoms with Crippen LogP contribution in [0.1, 0.15) is 36.5 Å². The second kappa shape index (κ2) is 13.5. The van der Waals surface area contributed by atoms with E-state index in [1.54, 1.807) is 13.2 Å². The summed E-state index contributed by atoms with van der Waals surface area (Å²) in [6.45, 7) is 8.87. The van der Waals surface area contributed by atoms with E-state index in [9.17, 15) is 5.11 Å². The Bertz CT molecular complexity index is 867. The van der Waals surface area contributed by atoms with Crippen molar-refractivity contribution in [1.29, 1.82) is 0 Å². The summed E-state index contributed by atoms with van der Waals surface area (Å²) >= 11 is 0. The second-order valence-corrected chi connectivity index (χ2v) is 8.19. The van der Waals surface area contributed by atoms with E-state index < -0.39 is 0 Å². The van der Waals surface area contributed by atoms with E-state index in [0.717, 1.165) is 50.5 Å². The molecule has 3 N–H and O–H groups in total. The lowest BCUT2D eigenvalue weighted by atomic mass is 10.0. The molecule has 0 bridgehead atoms. The van der Waals surface area contributed by atoms with Crippen molar-refractivity contribution in [3.63, 3.8) is 0 Å². The van der Waals surface area contributed by atoms with Crippen LogP contribution in [0.25, 0.3) is 0 Å². The Morgan fingerprint density at radius 2 is 1.97 bits per heavy atom. The quantitative estimate of drug-likeness (QED) is 0.262. The van der Waals surface area contributed by atoms with E-state index >= 15 is 0 Å². The lowest BCUT2D eigenvalue weighted by Crippen LogP contribution is -2.48. The van der Waals surface area contributed by atoms with Gasteiger partial charge in [-0.2, -0.15) is 0 Å². The molecule has 0 unspecified atom stereocenters. The molecule has 176 valence electrons. The van der Waals surface area contributed by atoms with E-state index in [1.165, 1.54) is 11.1 Å². The molecule has 0 radical (unpaired) electrons. The number of aliphatic imine (C=N–C) groups is 1. The number of halogens is 1. The van der Waals surface area contributed by atoms with Crippen molar-refractivity contribution in [2.75, 3.05) is 33.3 Å². The van der Waals surface area contributed by atoms with Gasteiger partial charge in [-0.05, 0) is 50.3 Å². The van der Waals surface area contributed by atoms with Gasteiger partial charge in [0.05, 0.1) is 7.11 Å². The van der Waals surface area contributed by atoms with Gasteiger partial charge in [-0.25, -0.2) is 0 Å². The molecular formula is C25H37IN4O2. The molecule has 1 heterocycles. The number of ether oxygens (including phenoxy) is 1. The SMILES string of the molecule is CCNC(=NCCc1ccc(OC)cc1O)NC1CCN(Cc2cccc(C)c2)CC1.I. The first kappa shape index (κ1) is 26.3. The molecular weight excluding hydrogens is 515 g/mol. The lowest BCUT2D eigenvalue weighted by Gasteiger charge is -2.33. The van der Waals surface area contributed by atoms with Gasteiger partial charge in [-0.15, -0.1) is 24.0 Å². The fraction of sp³-hybridized carbons (Fsp3) is 0.480. The summed E-state index contributed by atoms with van der Waals surface area (Å²) in [7, 11) is 1.60. The van der Waals surface area contributed by atoms with Crippen LogP contribution in [0.3, 0.4) is 0 Å². The van der Waals surface area contributed by atoms with Crippen molar-refractivity contribution >= 4 is 29.9 Å². The van der Waals surface area contributed by atoms with Crippen LogP contribution in [-0.2, 0) is 13.0 Å². The van der Waals surface area contributed by atoms with E-state index in [1.807, 2.05) is 12.1 Å². The molecule has 2 aromatic carbocycles. The number of aryl methyl sites for hydroxylation is 1. The summed E-state index contributed by atoms with van der Waals surface area (Å²) in [5.74, 6) is 1.77. The lowest BCUT2D eigenvalue weighted by molar-refractivity contribution is 0.198. The Morgan fingerprint density at radius 3 is 2.62 bits per heavy atom. The summed E-state index contributed by atoms with van der Waals surface area (Å²) in [6, 6.07) is 14.6. The number of aromatic hydroxyl groups is 1. The number of hydrogen-bond acceptors (Lipinski definition) is 4. The van der Waals surface area contributed by atoms with Crippen LogP contribution in [0.2, 0.25) is 0 Å². The fourth-order valence-electron chi connectivity index (χ4n) is 3.99. The highest BCUT2D eigenvalue weighted by Gasteiger charge is 2.20. The maximum Gasteiger partial charge on any atom is 0.191 e. The number of guanidine groups is 1. The van der Waals surface area contributed by atoms with E-state index in [2.05, 4.69) is 53.6 Å². The number of benzene rings is 2. The van der Waals surface area contributed by atoms with Crippen LogP contribution in [0.4, 0.5) is 0 Å². The largest absolute Gasteiger partial charge is 0.508 e. The van der Waals surface area contributed by atoms with Crippen molar-refractivity contribution in [2.24, 2.45) is 4.99 Å². The van der Waals surface area contributed by atoms with Crippen molar-refractivity contribution in [2.45, 2.75) is 45.7 Å². The zero-order valence-electron chi connectivity index (χ0n) is 19.4. The molecule has 3 rings (SSSR count). The molecule has 6 nitrogen and oxygen atoms in total. The number of methoxy groups -OCH3 is 1. The van der Waals surface area contributed by atoms with Crippen LogP contribution >= 0.6 is 24.0 Å². The first-order chi connectivity index (χ1) is 15.1. The molecule has 0 aliphatic carbocycles. The van der Waals surface area contributed by atoms with Crippen molar-refractivity contribution in [1.82, 2.24) is 15.5 Å². The standard InChI is InChI=1S/C25H36N4O2.HI/c1-4-26-25(27-13-10-21-8-9-23(31-3)17-24(21)30)28-22-11-14-29(15-12-22)18-20-7-5-6-19(2)16-20;/h5-9,16-17,22,30H,4,10-15,18H2,1-3H3,(H2,26,27,28);1H. The predicted octanol–water partition coefficient (Wildman–Crippen LogP) is 4.09. The molecule has 1 aliphatic heterocycles. The number of hydrogen-bond donors (Lipinski definition) is 3. The minimum absolute atomic E-state index is 0. The van der Waals surface area contributed by atoms with Gasteiger partial charge in [0.2, 0.25) is 0 Å². The monoisotopic (exact) mass is 552 g/mol. The van der Waals surface area contributed by atoms with Gasteiger partial charge in [0.25, 0.3) is 0 Å². The van der Waals surface area contributed by atoms with E-state index in [0.29, 0.717) is 24.8 Å². The molecule has 32 heavy (non-hydrogen) atoms. The second-order valence-electron chi connectivity index (χ2n) is 8.19. The highest BCUT2D eigenvalue weighted by molar-refractivity contribution is 14.0. The Morgan fingerprint density at radius 1 is 1.19 bits per heavy atom. The average Bonchev–Trinajstić information content (AvgIpc) is 2.76. The first-order valence-electron chi connectivity index (χ1n) is 11.3. The number of piperidine rings is 1. The zero-order valence-corrected chi connectivity index (χ0v) is 21.8. The summed E-state index contributed by atoms with van der Waals surface area (Å²) in [5.41, 5.74) is 3.59. The Balaban J connectivity index is 0.00000363. The van der Waals surface area contributed by atoms with Gasteiger partial charge in [-0.1, -0.05) is 35.9 Å². The molecule has 2 aromatic rings. The van der Waals surface area contributed by atoms with Gasteiger partial charge in [-0.3, -0.25) is 9.89 Å². The molecule has 0 aromatic heterocycles. The Labute approximate surface area is 209 Å². The molecule has 0 amide bonds. The number of rotatable bonds is 8. The van der Waals surface area contributed by atoms with Crippen LogP contribution < -0.4 is 15.4 Å². The van der Waals surface area contributed by atoms with Crippen molar-refractivity contribution in [3.8, 4) is 11.5 Å². The minimum Gasteiger partial charge on any atom is -0.508 e. The number of phenols is 1. The molecule has 1 fully saturated rings. The third-order valence-electron chi connectivity index (χ3n) is 5.70. The normalized spacial score (nSPS) is 15.2. The molecule has 1 aliphatic rings. The van der Waals surface area contributed by atoms with Crippen LogP contribution in [-0.4, -0.2) is 55.3 Å². The van der Waals surface area contributed by atoms with Gasteiger partial charge in [0.15, 0.2) is 5.96 Å². The van der Waals surface area contributed by atoms with E-state index in [4.69, 9.17) is 9.73 Å². The topological polar surface area (TPSA) is 69.1 Å². The van der Waals surface area contributed by atoms with Gasteiger partial charge >= 0.3 is 0 Å². The number of likely N-dealkylation sites (tertiary alicyclic amines) is 1. The number of nitrogens with one attached hydrogen (secondary N) is 2. The maximum absolute atomic E-state index is 10.1. The highest BCUT2D eigenvalue weighted by atomic mass is 127. The molecule has 7 heteroatoms. The summed E-state index contributed by atoms with van der Waals surface area (Å²) in [6.07, 6.45) is 2.90. The van der Waals surface area contributed by atoms with E-state index in [-0.39, 0.29) is 29.7 Å². The fourth-order valence-corrected chi connectivity index (χ4v) is 3.99. The molecule has 0 atom stereocenters. The molecule has 0 spiro atoms. The third-order valence-corrected chi connectivity index (χ3v) is 5.70. The molecule has 1 saturated heterocycles. The zero-order chi connectivity index (χ0) is 22.1. The van der Waals surface area contributed by atoms with Gasteiger partial charge < -0.3 is 20.5 Å². The van der Waals surface area contributed by atoms with Crippen LogP contribution in [0, 0.1) is 6.92 Å². The summed E-state index contributed by atoms with van der Waals surface area (Å²) < 4.78 is 5.14. The number of nitrogens with zero attached hydrogens (tertiary/aromatic N) is 2. The minimum atomic E-state index is 0. The maximum atomic E-state index is 10.1. The summed E-state index contributed by atoms with van der Waals surface area (Å²) in [5, 5.41) is 17.1.